The van der Waals surface area contributed by atoms with Gasteiger partial charge in [-0.1, -0.05) is 13.8 Å². The van der Waals surface area contributed by atoms with Crippen molar-refractivity contribution in [3.8, 4) is 0 Å². The van der Waals surface area contributed by atoms with Crippen LogP contribution in [0.15, 0.2) is 0 Å². The van der Waals surface area contributed by atoms with Gasteiger partial charge in [0.25, 0.3) is 0 Å². The maximum atomic E-state index is 12.3. The Morgan fingerprint density at radius 1 is 1.47 bits per heavy atom. The minimum absolute atomic E-state index is 0.280. The van der Waals surface area contributed by atoms with Gasteiger partial charge in [0.1, 0.15) is 0 Å². The second kappa shape index (κ2) is 9.32. The molecule has 1 atom stereocenters. The SMILES string of the molecule is CCOCCCC(=O)N(CC(C)C)CC1CCCN1. The summed E-state index contributed by atoms with van der Waals surface area (Å²) in [6, 6.07) is 0.495. The molecule has 4 heteroatoms. The molecule has 4 nitrogen and oxygen atoms in total. The lowest BCUT2D eigenvalue weighted by atomic mass is 10.1. The van der Waals surface area contributed by atoms with Crippen LogP contribution >= 0.6 is 0 Å². The third-order valence-corrected chi connectivity index (χ3v) is 3.42. The van der Waals surface area contributed by atoms with Gasteiger partial charge in [0, 0.05) is 38.8 Å². The molecule has 0 saturated carbocycles. The molecule has 0 spiro atoms. The van der Waals surface area contributed by atoms with Crippen molar-refractivity contribution in [2.45, 2.75) is 52.5 Å². The Bertz CT molecular complexity index is 251. The summed E-state index contributed by atoms with van der Waals surface area (Å²) in [6.45, 7) is 10.6. The Morgan fingerprint density at radius 3 is 2.84 bits per heavy atom. The van der Waals surface area contributed by atoms with E-state index in [1.807, 2.05) is 11.8 Å². The molecule has 112 valence electrons. The summed E-state index contributed by atoms with van der Waals surface area (Å²) in [5, 5.41) is 3.47. The Kier molecular flexibility index (Phi) is 8.07. The van der Waals surface area contributed by atoms with Gasteiger partial charge in [-0.05, 0) is 38.6 Å². The Morgan fingerprint density at radius 2 is 2.26 bits per heavy atom. The molecule has 0 aromatic rings. The normalized spacial score (nSPS) is 19.1. The highest BCUT2D eigenvalue weighted by atomic mass is 16.5. The van der Waals surface area contributed by atoms with E-state index in [9.17, 15) is 4.79 Å². The third kappa shape index (κ3) is 6.92. The molecule has 0 aliphatic carbocycles. The highest BCUT2D eigenvalue weighted by Crippen LogP contribution is 2.10. The topological polar surface area (TPSA) is 41.6 Å². The molecule has 1 N–H and O–H groups in total. The van der Waals surface area contributed by atoms with Crippen LogP contribution in [-0.4, -0.2) is 49.7 Å². The number of nitrogens with zero attached hydrogens (tertiary/aromatic N) is 1. The van der Waals surface area contributed by atoms with Gasteiger partial charge in [-0.2, -0.15) is 0 Å². The zero-order valence-corrected chi connectivity index (χ0v) is 12.8. The van der Waals surface area contributed by atoms with Gasteiger partial charge >= 0.3 is 0 Å². The van der Waals surface area contributed by atoms with Crippen molar-refractivity contribution in [3.05, 3.63) is 0 Å². The number of carbonyl (C=O) groups excluding carboxylic acids is 1. The van der Waals surface area contributed by atoms with Gasteiger partial charge in [0.05, 0.1) is 0 Å². The first-order chi connectivity index (χ1) is 9.13. The molecule has 1 aliphatic heterocycles. The second-order valence-corrected chi connectivity index (χ2v) is 5.79. The van der Waals surface area contributed by atoms with Gasteiger partial charge in [0.2, 0.25) is 5.91 Å². The standard InChI is InChI=1S/C15H30N2O2/c1-4-19-10-6-8-15(18)17(11-13(2)3)12-14-7-5-9-16-14/h13-14,16H,4-12H2,1-3H3. The summed E-state index contributed by atoms with van der Waals surface area (Å²) in [4.78, 5) is 14.3. The molecule has 1 aliphatic rings. The van der Waals surface area contributed by atoms with Crippen LogP contribution < -0.4 is 5.32 Å². The van der Waals surface area contributed by atoms with E-state index < -0.39 is 0 Å². The maximum Gasteiger partial charge on any atom is 0.222 e. The molecule has 1 rings (SSSR count). The zero-order chi connectivity index (χ0) is 14.1. The number of hydrogen-bond donors (Lipinski definition) is 1. The number of rotatable bonds is 9. The van der Waals surface area contributed by atoms with Crippen molar-refractivity contribution in [3.63, 3.8) is 0 Å². The van der Waals surface area contributed by atoms with Crippen LogP contribution in [0, 0.1) is 5.92 Å². The third-order valence-electron chi connectivity index (χ3n) is 3.42. The van der Waals surface area contributed by atoms with Gasteiger partial charge in [-0.25, -0.2) is 0 Å². The Balaban J connectivity index is 2.35. The van der Waals surface area contributed by atoms with Crippen LogP contribution in [0.1, 0.15) is 46.5 Å². The Labute approximate surface area is 117 Å². The number of ether oxygens (including phenoxy) is 1. The van der Waals surface area contributed by atoms with E-state index in [-0.39, 0.29) is 5.91 Å². The summed E-state index contributed by atoms with van der Waals surface area (Å²) < 4.78 is 5.30. The first kappa shape index (κ1) is 16.4. The largest absolute Gasteiger partial charge is 0.382 e. The molecule has 1 heterocycles. The van der Waals surface area contributed by atoms with Gasteiger partial charge in [-0.15, -0.1) is 0 Å². The fourth-order valence-corrected chi connectivity index (χ4v) is 2.53. The molecule has 0 aromatic carbocycles. The molecule has 1 fully saturated rings. The lowest BCUT2D eigenvalue weighted by Gasteiger charge is -2.27. The molecule has 19 heavy (non-hydrogen) atoms. The summed E-state index contributed by atoms with van der Waals surface area (Å²) in [6.07, 6.45) is 3.87. The van der Waals surface area contributed by atoms with Gasteiger partial charge in [-0.3, -0.25) is 4.79 Å². The lowest BCUT2D eigenvalue weighted by molar-refractivity contribution is -0.132. The smallest absolute Gasteiger partial charge is 0.222 e. The molecule has 0 aromatic heterocycles. The fourth-order valence-electron chi connectivity index (χ4n) is 2.53. The first-order valence-electron chi connectivity index (χ1n) is 7.72. The van der Waals surface area contributed by atoms with E-state index in [0.717, 1.165) is 32.7 Å². The number of amides is 1. The van der Waals surface area contributed by atoms with Gasteiger partial charge < -0.3 is 15.0 Å². The van der Waals surface area contributed by atoms with Crippen LogP contribution in [0.25, 0.3) is 0 Å². The van der Waals surface area contributed by atoms with Crippen molar-refractivity contribution in [2.24, 2.45) is 5.92 Å². The van der Waals surface area contributed by atoms with Crippen molar-refractivity contribution >= 4 is 5.91 Å². The van der Waals surface area contributed by atoms with E-state index in [1.54, 1.807) is 0 Å². The van der Waals surface area contributed by atoms with E-state index in [4.69, 9.17) is 4.74 Å². The lowest BCUT2D eigenvalue weighted by Crippen LogP contribution is -2.42. The summed E-state index contributed by atoms with van der Waals surface area (Å²) >= 11 is 0. The molecular weight excluding hydrogens is 240 g/mol. The summed E-state index contributed by atoms with van der Waals surface area (Å²) in [5.74, 6) is 0.805. The maximum absolute atomic E-state index is 12.3. The molecule has 1 amide bonds. The number of carbonyl (C=O) groups is 1. The predicted molar refractivity (Wildman–Crippen MR) is 78.2 cm³/mol. The highest BCUT2D eigenvalue weighted by Gasteiger charge is 2.21. The fraction of sp³-hybridized carbons (Fsp3) is 0.933. The van der Waals surface area contributed by atoms with Crippen LogP contribution in [0.2, 0.25) is 0 Å². The average Bonchev–Trinajstić information content (AvgIpc) is 2.86. The van der Waals surface area contributed by atoms with E-state index in [1.165, 1.54) is 12.8 Å². The van der Waals surface area contributed by atoms with Crippen molar-refractivity contribution < 1.29 is 9.53 Å². The number of nitrogens with one attached hydrogen (secondary N) is 1. The van der Waals surface area contributed by atoms with E-state index in [0.29, 0.717) is 25.0 Å². The monoisotopic (exact) mass is 270 g/mol. The van der Waals surface area contributed by atoms with Gasteiger partial charge in [0.15, 0.2) is 0 Å². The first-order valence-corrected chi connectivity index (χ1v) is 7.72. The van der Waals surface area contributed by atoms with E-state index in [2.05, 4.69) is 19.2 Å². The van der Waals surface area contributed by atoms with Crippen LogP contribution in [0.3, 0.4) is 0 Å². The minimum Gasteiger partial charge on any atom is -0.382 e. The van der Waals surface area contributed by atoms with Crippen molar-refractivity contribution in [2.75, 3.05) is 32.8 Å². The highest BCUT2D eigenvalue weighted by molar-refractivity contribution is 5.76. The molecule has 0 radical (unpaired) electrons. The quantitative estimate of drug-likeness (QED) is 0.652. The van der Waals surface area contributed by atoms with Crippen LogP contribution in [0.5, 0.6) is 0 Å². The minimum atomic E-state index is 0.280. The average molecular weight is 270 g/mol. The molecule has 1 saturated heterocycles. The second-order valence-electron chi connectivity index (χ2n) is 5.79. The van der Waals surface area contributed by atoms with E-state index >= 15 is 0 Å². The number of hydrogen-bond acceptors (Lipinski definition) is 3. The van der Waals surface area contributed by atoms with Crippen molar-refractivity contribution in [1.29, 1.82) is 0 Å². The zero-order valence-electron chi connectivity index (χ0n) is 12.8. The molecular formula is C15H30N2O2. The summed E-state index contributed by atoms with van der Waals surface area (Å²) in [7, 11) is 0. The molecule has 1 unspecified atom stereocenters. The van der Waals surface area contributed by atoms with Crippen LogP contribution in [0.4, 0.5) is 0 Å². The Hall–Kier alpha value is -0.610. The van der Waals surface area contributed by atoms with Crippen LogP contribution in [-0.2, 0) is 9.53 Å². The van der Waals surface area contributed by atoms with Crippen molar-refractivity contribution in [1.82, 2.24) is 10.2 Å². The molecule has 0 bridgehead atoms. The summed E-state index contributed by atoms with van der Waals surface area (Å²) in [5.41, 5.74) is 0. The predicted octanol–water partition coefficient (Wildman–Crippen LogP) is 2.04.